The Morgan fingerprint density at radius 1 is 1.29 bits per heavy atom. The van der Waals surface area contributed by atoms with E-state index in [0.717, 1.165) is 10.0 Å². The predicted octanol–water partition coefficient (Wildman–Crippen LogP) is 1.90. The first-order chi connectivity index (χ1) is 9.97. The van der Waals surface area contributed by atoms with Crippen molar-refractivity contribution in [2.75, 3.05) is 0 Å². The molecule has 0 fully saturated rings. The van der Waals surface area contributed by atoms with Crippen LogP contribution in [0.3, 0.4) is 0 Å². The fourth-order valence-corrected chi connectivity index (χ4v) is 2.94. The Balaban J connectivity index is 2.27. The minimum Gasteiger partial charge on any atom is -0.316 e. The molecular formula is C13H11BrN4O2S. The Morgan fingerprint density at radius 2 is 2.05 bits per heavy atom. The summed E-state index contributed by atoms with van der Waals surface area (Å²) in [6, 6.07) is 7.74. The molecule has 0 aliphatic rings. The van der Waals surface area contributed by atoms with Crippen LogP contribution in [-0.4, -0.2) is 19.1 Å². The zero-order valence-corrected chi connectivity index (χ0v) is 13.4. The maximum atomic E-state index is 12.1. The molecule has 0 spiro atoms. The van der Waals surface area contributed by atoms with Gasteiger partial charge in [0.2, 0.25) is 0 Å². The number of halogens is 1. The number of aryl methyl sites for hydroxylation is 1. The highest BCUT2D eigenvalue weighted by atomic mass is 79.9. The summed E-state index contributed by atoms with van der Waals surface area (Å²) < 4.78 is 4.37. The van der Waals surface area contributed by atoms with E-state index < -0.39 is 11.2 Å². The Kier molecular flexibility index (Phi) is 3.42. The predicted molar refractivity (Wildman–Crippen MR) is 86.2 cm³/mol. The van der Waals surface area contributed by atoms with Gasteiger partial charge in [0, 0.05) is 11.5 Å². The topological polar surface area (TPSA) is 75.6 Å². The van der Waals surface area contributed by atoms with Gasteiger partial charge in [-0.25, -0.2) is 4.79 Å². The van der Waals surface area contributed by atoms with Crippen molar-refractivity contribution in [1.82, 2.24) is 19.1 Å². The number of fused-ring (bicyclic) bond motifs is 1. The largest absolute Gasteiger partial charge is 0.329 e. The molecule has 1 aromatic carbocycles. The van der Waals surface area contributed by atoms with Crippen LogP contribution >= 0.6 is 28.1 Å². The number of aromatic amines is 2. The summed E-state index contributed by atoms with van der Waals surface area (Å²) in [6.07, 6.45) is 0. The number of rotatable bonds is 2. The third-order valence-corrected chi connectivity index (χ3v) is 4.09. The van der Waals surface area contributed by atoms with Crippen LogP contribution in [0.1, 0.15) is 5.56 Å². The lowest BCUT2D eigenvalue weighted by Gasteiger charge is -2.05. The van der Waals surface area contributed by atoms with Gasteiger partial charge < -0.3 is 9.55 Å². The van der Waals surface area contributed by atoms with Crippen molar-refractivity contribution in [3.63, 3.8) is 0 Å². The molecule has 3 rings (SSSR count). The van der Waals surface area contributed by atoms with Gasteiger partial charge in [0.05, 0.1) is 6.54 Å². The lowest BCUT2D eigenvalue weighted by Crippen LogP contribution is -2.29. The van der Waals surface area contributed by atoms with Crippen molar-refractivity contribution >= 4 is 39.3 Å². The number of hydrogen-bond donors (Lipinski definition) is 2. The molecule has 0 amide bonds. The highest BCUT2D eigenvalue weighted by Gasteiger charge is 2.12. The summed E-state index contributed by atoms with van der Waals surface area (Å²) in [4.78, 5) is 28.9. The number of benzene rings is 1. The number of nitrogens with zero attached hydrogens (tertiary/aromatic N) is 2. The molecule has 0 aliphatic heterocycles. The minimum atomic E-state index is -0.474. The smallest absolute Gasteiger partial charge is 0.316 e. The first kappa shape index (κ1) is 14.0. The molecule has 6 nitrogen and oxygen atoms in total. The monoisotopic (exact) mass is 366 g/mol. The van der Waals surface area contributed by atoms with Crippen LogP contribution in [0.5, 0.6) is 0 Å². The van der Waals surface area contributed by atoms with Gasteiger partial charge in [-0.3, -0.25) is 14.3 Å². The van der Waals surface area contributed by atoms with Crippen molar-refractivity contribution in [3.8, 4) is 0 Å². The summed E-state index contributed by atoms with van der Waals surface area (Å²) >= 11 is 8.69. The Bertz CT molecular complexity index is 1010. The molecule has 2 heterocycles. The number of aromatic nitrogens is 4. The third kappa shape index (κ3) is 2.40. The molecule has 2 aromatic heterocycles. The van der Waals surface area contributed by atoms with Crippen molar-refractivity contribution in [3.05, 3.63) is 59.9 Å². The maximum absolute atomic E-state index is 12.1. The molecule has 3 aromatic rings. The highest BCUT2D eigenvalue weighted by molar-refractivity contribution is 9.10. The second-order valence-electron chi connectivity index (χ2n) is 4.66. The Labute approximate surface area is 132 Å². The van der Waals surface area contributed by atoms with Crippen LogP contribution < -0.4 is 11.2 Å². The molecule has 2 N–H and O–H groups in total. The van der Waals surface area contributed by atoms with Gasteiger partial charge in [-0.1, -0.05) is 28.1 Å². The SMILES string of the molecule is Cn1c(=O)[nH]c(=O)c2c1[nH]c(=S)n2Cc1cccc(Br)c1. The van der Waals surface area contributed by atoms with Crippen LogP contribution in [-0.2, 0) is 13.6 Å². The van der Waals surface area contributed by atoms with Crippen molar-refractivity contribution in [1.29, 1.82) is 0 Å². The van der Waals surface area contributed by atoms with E-state index in [9.17, 15) is 9.59 Å². The van der Waals surface area contributed by atoms with E-state index in [0.29, 0.717) is 22.5 Å². The van der Waals surface area contributed by atoms with Crippen LogP contribution in [0.4, 0.5) is 0 Å². The first-order valence-electron chi connectivity index (χ1n) is 6.13. The zero-order valence-electron chi connectivity index (χ0n) is 11.0. The van der Waals surface area contributed by atoms with E-state index in [4.69, 9.17) is 12.2 Å². The average molecular weight is 367 g/mol. The minimum absolute atomic E-state index is 0.363. The van der Waals surface area contributed by atoms with Crippen molar-refractivity contribution < 1.29 is 0 Å². The molecule has 0 saturated carbocycles. The molecule has 0 atom stereocenters. The molecule has 108 valence electrons. The molecule has 8 heteroatoms. The second-order valence-corrected chi connectivity index (χ2v) is 5.96. The van der Waals surface area contributed by atoms with Gasteiger partial charge in [-0.15, -0.1) is 0 Å². The van der Waals surface area contributed by atoms with Crippen LogP contribution in [0.2, 0.25) is 0 Å². The van der Waals surface area contributed by atoms with Crippen molar-refractivity contribution in [2.45, 2.75) is 6.54 Å². The standard InChI is InChI=1S/C13H11BrN4O2S/c1-17-10-9(11(19)16-12(17)20)18(13(21)15-10)6-7-3-2-4-8(14)5-7/h2-5H,6H2,1H3,(H,15,21)(H,16,19,20). The van der Waals surface area contributed by atoms with Gasteiger partial charge in [0.15, 0.2) is 10.3 Å². The fraction of sp³-hybridized carbons (Fsp3) is 0.154. The van der Waals surface area contributed by atoms with Crippen LogP contribution in [0, 0.1) is 4.77 Å². The van der Waals surface area contributed by atoms with E-state index in [-0.39, 0.29) is 0 Å². The Morgan fingerprint density at radius 3 is 2.76 bits per heavy atom. The van der Waals surface area contributed by atoms with Gasteiger partial charge >= 0.3 is 5.69 Å². The number of H-pyrrole nitrogens is 2. The second kappa shape index (κ2) is 5.12. The molecule has 0 bridgehead atoms. The molecule has 0 radical (unpaired) electrons. The quantitative estimate of drug-likeness (QED) is 0.680. The summed E-state index contributed by atoms with van der Waals surface area (Å²) in [7, 11) is 1.58. The highest BCUT2D eigenvalue weighted by Crippen LogP contribution is 2.15. The van der Waals surface area contributed by atoms with Gasteiger partial charge in [0.25, 0.3) is 5.56 Å². The van der Waals surface area contributed by atoms with E-state index in [1.807, 2.05) is 24.3 Å². The maximum Gasteiger partial charge on any atom is 0.329 e. The van der Waals surface area contributed by atoms with Gasteiger partial charge in [-0.2, -0.15) is 0 Å². The lowest BCUT2D eigenvalue weighted by molar-refractivity contribution is 0.798. The third-order valence-electron chi connectivity index (χ3n) is 3.27. The van der Waals surface area contributed by atoms with Gasteiger partial charge in [-0.05, 0) is 29.9 Å². The average Bonchev–Trinajstić information content (AvgIpc) is 2.74. The molecule has 0 aliphatic carbocycles. The van der Waals surface area contributed by atoms with Crippen LogP contribution in [0.25, 0.3) is 11.2 Å². The summed E-state index contributed by atoms with van der Waals surface area (Å²) in [6.45, 7) is 0.444. The molecule has 0 saturated heterocycles. The van der Waals surface area contributed by atoms with Gasteiger partial charge in [0.1, 0.15) is 5.65 Å². The van der Waals surface area contributed by atoms with E-state index in [1.54, 1.807) is 11.6 Å². The summed E-state index contributed by atoms with van der Waals surface area (Å²) in [5.41, 5.74) is 0.856. The Hall–Kier alpha value is -1.93. The van der Waals surface area contributed by atoms with Crippen molar-refractivity contribution in [2.24, 2.45) is 7.05 Å². The molecule has 0 unspecified atom stereocenters. The zero-order chi connectivity index (χ0) is 15.1. The van der Waals surface area contributed by atoms with E-state index >= 15 is 0 Å². The molecular weight excluding hydrogens is 356 g/mol. The van der Waals surface area contributed by atoms with Crippen LogP contribution in [0.15, 0.2) is 38.3 Å². The number of imidazole rings is 1. The molecule has 21 heavy (non-hydrogen) atoms. The normalized spacial score (nSPS) is 11.1. The van der Waals surface area contributed by atoms with E-state index in [1.165, 1.54) is 4.57 Å². The summed E-state index contributed by atoms with van der Waals surface area (Å²) in [5.74, 6) is 0. The number of nitrogens with one attached hydrogen (secondary N) is 2. The fourth-order valence-electron chi connectivity index (χ4n) is 2.24. The summed E-state index contributed by atoms with van der Waals surface area (Å²) in [5, 5.41) is 0. The van der Waals surface area contributed by atoms with E-state index in [2.05, 4.69) is 25.9 Å². The first-order valence-corrected chi connectivity index (χ1v) is 7.34. The number of hydrogen-bond acceptors (Lipinski definition) is 3. The lowest BCUT2D eigenvalue weighted by atomic mass is 10.2.